The molecule has 52 heavy (non-hydrogen) atoms. The number of esters is 1. The van der Waals surface area contributed by atoms with Crippen molar-refractivity contribution in [3.8, 4) is 51.4 Å². The molecule has 0 aliphatic rings. The second-order valence-electron chi connectivity index (χ2n) is 12.2. The molecule has 0 heterocycles. The molecule has 0 saturated heterocycles. The number of aromatic hydroxyl groups is 7. The van der Waals surface area contributed by atoms with Crippen molar-refractivity contribution in [3.05, 3.63) is 95.1 Å². The Bertz CT molecular complexity index is 1970. The average Bonchev–Trinajstić information content (AvgIpc) is 3.10. The van der Waals surface area contributed by atoms with E-state index < -0.39 is 52.7 Å². The molecule has 12 heteroatoms. The summed E-state index contributed by atoms with van der Waals surface area (Å²) in [6.07, 6.45) is 5.18. The van der Waals surface area contributed by atoms with Gasteiger partial charge in [0.25, 0.3) is 0 Å². The molecule has 274 valence electrons. The molecule has 0 spiro atoms. The molecule has 4 aromatic carbocycles. The zero-order valence-corrected chi connectivity index (χ0v) is 28.8. The third kappa shape index (κ3) is 9.76. The van der Waals surface area contributed by atoms with Crippen LogP contribution in [0, 0.1) is 0 Å². The third-order valence-electron chi connectivity index (χ3n) is 8.47. The maximum atomic E-state index is 13.6. The van der Waals surface area contributed by atoms with Gasteiger partial charge in [0.1, 0.15) is 5.75 Å². The summed E-state index contributed by atoms with van der Waals surface area (Å²) in [5.74, 6) is -5.94. The van der Waals surface area contributed by atoms with E-state index in [1.807, 2.05) is 13.8 Å². The Kier molecular flexibility index (Phi) is 13.1. The highest BCUT2D eigenvalue weighted by molar-refractivity contribution is 5.95. The van der Waals surface area contributed by atoms with Gasteiger partial charge in [-0.3, -0.25) is 0 Å². The number of allylic oxidation sites excluding steroid dienone is 1. The van der Waals surface area contributed by atoms with Gasteiger partial charge in [0.2, 0.25) is 6.10 Å². The van der Waals surface area contributed by atoms with Gasteiger partial charge < -0.3 is 50.9 Å². The molecule has 2 atom stereocenters. The number of rotatable bonds is 16. The summed E-state index contributed by atoms with van der Waals surface area (Å²) in [7, 11) is 0. The predicted octanol–water partition coefficient (Wildman–Crippen LogP) is 6.82. The van der Waals surface area contributed by atoms with E-state index in [2.05, 4.69) is 5.32 Å². The van der Waals surface area contributed by atoms with Crippen molar-refractivity contribution in [1.82, 2.24) is 5.32 Å². The van der Waals surface area contributed by atoms with Crippen LogP contribution in [0.15, 0.2) is 72.8 Å². The summed E-state index contributed by atoms with van der Waals surface area (Å²) in [5.41, 5.74) is 2.79. The van der Waals surface area contributed by atoms with Crippen molar-refractivity contribution >= 4 is 29.7 Å². The number of hydrogen-bond donors (Lipinski definition) is 9. The molecule has 4 rings (SSSR count). The quantitative estimate of drug-likeness (QED) is 0.0192. The molecule has 0 aromatic heterocycles. The fraction of sp³-hybridized carbons (Fsp3) is 0.250. The molecular weight excluding hydrogens is 670 g/mol. The molecular formula is C40H43NO11. The zero-order valence-electron chi connectivity index (χ0n) is 28.8. The number of nitrogens with one attached hydrogen (secondary N) is 1. The number of hydrogen-bond acceptors (Lipinski definition) is 11. The molecule has 0 saturated carbocycles. The SMILES string of the molecule is CCCCCC(=CC(=O)O[C@@H](C(=O)O)[C@H](CNCC)c1ccc(O)c(O)c1)c1cc(O)c(O)cc1C=Cc1cc(O)c(O)cc1-c1cccc(O)c1. The Morgan fingerprint density at radius 1 is 0.750 bits per heavy atom. The molecule has 0 amide bonds. The van der Waals surface area contributed by atoms with E-state index in [-0.39, 0.29) is 18.0 Å². The van der Waals surface area contributed by atoms with Gasteiger partial charge in [0.05, 0.1) is 0 Å². The van der Waals surface area contributed by atoms with Gasteiger partial charge in [-0.2, -0.15) is 0 Å². The Morgan fingerprint density at radius 2 is 1.40 bits per heavy atom. The number of phenols is 7. The van der Waals surface area contributed by atoms with Gasteiger partial charge in [-0.1, -0.05) is 57.0 Å². The summed E-state index contributed by atoms with van der Waals surface area (Å²) < 4.78 is 5.58. The van der Waals surface area contributed by atoms with Crippen molar-refractivity contribution in [3.63, 3.8) is 0 Å². The van der Waals surface area contributed by atoms with Crippen LogP contribution in [0.25, 0.3) is 28.9 Å². The van der Waals surface area contributed by atoms with Gasteiger partial charge in [-0.05, 0) is 107 Å². The molecule has 0 fully saturated rings. The van der Waals surface area contributed by atoms with Crippen LogP contribution in [-0.2, 0) is 14.3 Å². The number of carboxylic acids is 1. The minimum absolute atomic E-state index is 0.0150. The third-order valence-corrected chi connectivity index (χ3v) is 8.47. The van der Waals surface area contributed by atoms with E-state index in [4.69, 9.17) is 4.74 Å². The number of carbonyl (C=O) groups is 2. The van der Waals surface area contributed by atoms with Crippen LogP contribution in [0.2, 0.25) is 0 Å². The fourth-order valence-electron chi connectivity index (χ4n) is 5.77. The number of unbranched alkanes of at least 4 members (excludes halogenated alkanes) is 2. The van der Waals surface area contributed by atoms with Crippen molar-refractivity contribution in [2.24, 2.45) is 0 Å². The summed E-state index contributed by atoms with van der Waals surface area (Å²) in [4.78, 5) is 26.1. The first kappa shape index (κ1) is 38.7. The van der Waals surface area contributed by atoms with E-state index in [0.717, 1.165) is 18.9 Å². The lowest BCUT2D eigenvalue weighted by Gasteiger charge is -2.25. The number of aliphatic carboxylic acids is 1. The molecule has 0 radical (unpaired) electrons. The van der Waals surface area contributed by atoms with Crippen LogP contribution < -0.4 is 5.32 Å². The number of likely N-dealkylation sites (N-methyl/N-ethyl adjacent to an activating group) is 1. The summed E-state index contributed by atoms with van der Waals surface area (Å²) >= 11 is 0. The van der Waals surface area contributed by atoms with E-state index in [1.165, 1.54) is 54.6 Å². The van der Waals surface area contributed by atoms with Crippen LogP contribution >= 0.6 is 0 Å². The largest absolute Gasteiger partial charge is 0.508 e. The maximum Gasteiger partial charge on any atom is 0.345 e. The molecule has 0 unspecified atom stereocenters. The van der Waals surface area contributed by atoms with Gasteiger partial charge in [-0.25, -0.2) is 9.59 Å². The van der Waals surface area contributed by atoms with E-state index in [1.54, 1.807) is 24.3 Å². The lowest BCUT2D eigenvalue weighted by atomic mass is 9.92. The number of carboxylic acid groups (broad SMARTS) is 1. The van der Waals surface area contributed by atoms with Crippen molar-refractivity contribution in [2.75, 3.05) is 13.1 Å². The highest BCUT2D eigenvalue weighted by Gasteiger charge is 2.33. The van der Waals surface area contributed by atoms with E-state index in [9.17, 15) is 50.4 Å². The Morgan fingerprint density at radius 3 is 2.06 bits per heavy atom. The first-order valence-corrected chi connectivity index (χ1v) is 16.8. The minimum atomic E-state index is -1.70. The van der Waals surface area contributed by atoms with Crippen molar-refractivity contribution in [2.45, 2.75) is 51.6 Å². The Labute approximate surface area is 300 Å². The van der Waals surface area contributed by atoms with Gasteiger partial charge in [-0.15, -0.1) is 0 Å². The Balaban J connectivity index is 1.78. The summed E-state index contributed by atoms with van der Waals surface area (Å²) in [6.45, 7) is 4.35. The van der Waals surface area contributed by atoms with Gasteiger partial charge in [0.15, 0.2) is 34.5 Å². The van der Waals surface area contributed by atoms with Crippen LogP contribution in [0.5, 0.6) is 40.2 Å². The second kappa shape index (κ2) is 17.7. The average molecular weight is 714 g/mol. The molecule has 12 nitrogen and oxygen atoms in total. The maximum absolute atomic E-state index is 13.6. The lowest BCUT2D eigenvalue weighted by molar-refractivity contribution is -0.162. The molecule has 0 aliphatic carbocycles. The molecule has 0 aliphatic heterocycles. The number of phenolic OH excluding ortho intramolecular Hbond substituents is 7. The summed E-state index contributed by atoms with van der Waals surface area (Å²) in [5, 5.41) is 84.9. The monoisotopic (exact) mass is 713 g/mol. The van der Waals surface area contributed by atoms with Gasteiger partial charge >= 0.3 is 11.9 Å². The van der Waals surface area contributed by atoms with Crippen molar-refractivity contribution in [1.29, 1.82) is 0 Å². The molecule has 0 bridgehead atoms. The zero-order chi connectivity index (χ0) is 37.9. The predicted molar refractivity (Wildman–Crippen MR) is 196 cm³/mol. The number of ether oxygens (including phenoxy) is 1. The Hall–Kier alpha value is -6.14. The minimum Gasteiger partial charge on any atom is -0.508 e. The fourth-order valence-corrected chi connectivity index (χ4v) is 5.77. The van der Waals surface area contributed by atoms with Crippen LogP contribution in [0.4, 0.5) is 0 Å². The first-order chi connectivity index (χ1) is 24.8. The second-order valence-corrected chi connectivity index (χ2v) is 12.2. The normalized spacial score (nSPS) is 12.8. The standard InChI is InChI=1S/C40H43NO11/c1-3-5-6-8-24(19-38(49)52-39(40(50)51)31(22-41-4-2)27-13-14-32(43)33(44)18-27)30-21-37(48)35(46)17-26(30)12-11-25-16-34(45)36(47)20-29(25)23-9-7-10-28(42)15-23/h7,9-21,31,39,41-48H,3-6,8,22H2,1-2H3,(H,50,51)/t31-,39-/m1/s1. The van der Waals surface area contributed by atoms with Gasteiger partial charge in [0, 0.05) is 18.5 Å². The van der Waals surface area contributed by atoms with Crippen LogP contribution in [0.3, 0.4) is 0 Å². The first-order valence-electron chi connectivity index (χ1n) is 16.8. The number of carbonyl (C=O) groups excluding carboxylic acids is 1. The summed E-state index contributed by atoms with van der Waals surface area (Å²) in [6, 6.07) is 15.4. The topological polar surface area (TPSA) is 217 Å². The van der Waals surface area contributed by atoms with Crippen LogP contribution in [0.1, 0.15) is 67.7 Å². The highest BCUT2D eigenvalue weighted by Crippen LogP contribution is 2.39. The highest BCUT2D eigenvalue weighted by atomic mass is 16.6. The van der Waals surface area contributed by atoms with E-state index in [0.29, 0.717) is 58.3 Å². The number of benzene rings is 4. The molecule has 4 aromatic rings. The smallest absolute Gasteiger partial charge is 0.345 e. The van der Waals surface area contributed by atoms with Crippen LogP contribution in [-0.4, -0.2) is 72.0 Å². The molecule has 9 N–H and O–H groups in total. The lowest BCUT2D eigenvalue weighted by Crippen LogP contribution is -2.38. The van der Waals surface area contributed by atoms with Crippen molar-refractivity contribution < 1.29 is 55.2 Å². The van der Waals surface area contributed by atoms with E-state index >= 15 is 0 Å².